The lowest BCUT2D eigenvalue weighted by Crippen LogP contribution is -2.39. The van der Waals surface area contributed by atoms with Crippen LogP contribution in [0.15, 0.2) is 65.8 Å². The summed E-state index contributed by atoms with van der Waals surface area (Å²) in [7, 11) is -3.73. The summed E-state index contributed by atoms with van der Waals surface area (Å²) < 4.78 is 27.0. The van der Waals surface area contributed by atoms with Crippen molar-refractivity contribution in [3.63, 3.8) is 0 Å². The van der Waals surface area contributed by atoms with Crippen LogP contribution in [-0.4, -0.2) is 25.9 Å². The van der Waals surface area contributed by atoms with Gasteiger partial charge in [0, 0.05) is 17.8 Å². The molecule has 0 aliphatic carbocycles. The maximum absolute atomic E-state index is 12.9. The van der Waals surface area contributed by atoms with E-state index >= 15 is 0 Å². The predicted octanol–water partition coefficient (Wildman–Crippen LogP) is 2.62. The minimum absolute atomic E-state index is 0.242. The topological polar surface area (TPSA) is 79.4 Å². The zero-order valence-electron chi connectivity index (χ0n) is 14.1. The highest BCUT2D eigenvalue weighted by Crippen LogP contribution is 2.41. The second kappa shape index (κ2) is 6.10. The van der Waals surface area contributed by atoms with Crippen molar-refractivity contribution >= 4 is 32.4 Å². The zero-order valence-corrected chi connectivity index (χ0v) is 14.9. The first-order valence-corrected chi connectivity index (χ1v) is 9.66. The number of nitrogens with one attached hydrogen (secondary N) is 1. The number of sulfonamides is 1. The summed E-state index contributed by atoms with van der Waals surface area (Å²) in [5.41, 5.74) is 1.45. The summed E-state index contributed by atoms with van der Waals surface area (Å²) in [6.07, 6.45) is 3.31. The van der Waals surface area contributed by atoms with E-state index in [1.165, 1.54) is 4.31 Å². The van der Waals surface area contributed by atoms with Gasteiger partial charge in [0.05, 0.1) is 16.6 Å². The van der Waals surface area contributed by atoms with Gasteiger partial charge in [-0.3, -0.25) is 14.1 Å². The van der Waals surface area contributed by atoms with Crippen molar-refractivity contribution in [2.24, 2.45) is 0 Å². The fourth-order valence-electron chi connectivity index (χ4n) is 3.28. The summed E-state index contributed by atoms with van der Waals surface area (Å²) in [4.78, 5) is 16.7. The number of carbonyl (C=O) groups is 1. The van der Waals surface area contributed by atoms with E-state index in [1.54, 1.807) is 36.7 Å². The molecule has 26 heavy (non-hydrogen) atoms. The first kappa shape index (κ1) is 16.5. The van der Waals surface area contributed by atoms with Crippen molar-refractivity contribution in [1.82, 2.24) is 10.3 Å². The molecular weight excluding hydrogens is 350 g/mol. The Hall–Kier alpha value is -2.93. The molecule has 0 radical (unpaired) electrons. The highest BCUT2D eigenvalue weighted by molar-refractivity contribution is 7.93. The van der Waals surface area contributed by atoms with Crippen LogP contribution in [0.1, 0.15) is 18.5 Å². The fraction of sp³-hybridized carbons (Fsp3) is 0.158. The Morgan fingerprint density at radius 1 is 1.12 bits per heavy atom. The second-order valence-electron chi connectivity index (χ2n) is 6.21. The van der Waals surface area contributed by atoms with E-state index in [1.807, 2.05) is 31.2 Å². The Balaban J connectivity index is 1.61. The van der Waals surface area contributed by atoms with Gasteiger partial charge in [-0.05, 0) is 42.1 Å². The van der Waals surface area contributed by atoms with Crippen LogP contribution >= 0.6 is 0 Å². The molecule has 1 atom stereocenters. The molecule has 1 amide bonds. The Bertz CT molecular complexity index is 1090. The number of benzene rings is 2. The minimum Gasteiger partial charge on any atom is -0.348 e. The summed E-state index contributed by atoms with van der Waals surface area (Å²) in [6, 6.07) is 14.0. The molecule has 7 heteroatoms. The number of aromatic nitrogens is 1. The lowest BCUT2D eigenvalue weighted by Gasteiger charge is -2.20. The Morgan fingerprint density at radius 2 is 1.81 bits per heavy atom. The second-order valence-corrected chi connectivity index (χ2v) is 8.04. The van der Waals surface area contributed by atoms with Crippen LogP contribution < -0.4 is 9.62 Å². The van der Waals surface area contributed by atoms with Crippen molar-refractivity contribution < 1.29 is 13.2 Å². The SMILES string of the molecule is CC(NC(=O)CN1c2cccc3cccc(c23)S1(=O)=O)c1ccncc1. The van der Waals surface area contributed by atoms with E-state index in [0.29, 0.717) is 11.1 Å². The predicted molar refractivity (Wildman–Crippen MR) is 99.3 cm³/mol. The Labute approximate surface area is 151 Å². The molecule has 1 aliphatic heterocycles. The summed E-state index contributed by atoms with van der Waals surface area (Å²) in [6.45, 7) is 1.59. The maximum Gasteiger partial charge on any atom is 0.265 e. The summed E-state index contributed by atoms with van der Waals surface area (Å²) >= 11 is 0. The highest BCUT2D eigenvalue weighted by Gasteiger charge is 2.36. The van der Waals surface area contributed by atoms with Gasteiger partial charge in [-0.2, -0.15) is 0 Å². The number of pyridine rings is 1. The average Bonchev–Trinajstić information content (AvgIpc) is 2.86. The van der Waals surface area contributed by atoms with Gasteiger partial charge in [0.15, 0.2) is 0 Å². The van der Waals surface area contributed by atoms with Crippen molar-refractivity contribution in [2.75, 3.05) is 10.8 Å². The number of anilines is 1. The fourth-order valence-corrected chi connectivity index (χ4v) is 4.95. The van der Waals surface area contributed by atoms with Crippen LogP contribution in [0.2, 0.25) is 0 Å². The molecule has 0 fully saturated rings. The molecule has 2 heterocycles. The van der Waals surface area contributed by atoms with E-state index in [-0.39, 0.29) is 23.4 Å². The van der Waals surface area contributed by atoms with E-state index in [0.717, 1.165) is 10.9 Å². The third-order valence-corrected chi connectivity index (χ3v) is 6.35. The van der Waals surface area contributed by atoms with Gasteiger partial charge < -0.3 is 5.32 Å². The molecule has 6 nitrogen and oxygen atoms in total. The van der Waals surface area contributed by atoms with E-state index in [4.69, 9.17) is 0 Å². The number of hydrogen-bond donors (Lipinski definition) is 1. The quantitative estimate of drug-likeness (QED) is 0.769. The molecule has 1 aliphatic rings. The molecule has 132 valence electrons. The van der Waals surface area contributed by atoms with Gasteiger partial charge in [0.2, 0.25) is 5.91 Å². The van der Waals surface area contributed by atoms with Crippen LogP contribution in [-0.2, 0) is 14.8 Å². The van der Waals surface area contributed by atoms with E-state index < -0.39 is 10.0 Å². The van der Waals surface area contributed by atoms with Gasteiger partial charge in [-0.25, -0.2) is 8.42 Å². The van der Waals surface area contributed by atoms with Gasteiger partial charge >= 0.3 is 0 Å². The summed E-state index contributed by atoms with van der Waals surface area (Å²) in [5.74, 6) is -0.359. The van der Waals surface area contributed by atoms with Crippen molar-refractivity contribution in [3.8, 4) is 0 Å². The van der Waals surface area contributed by atoms with Crippen molar-refractivity contribution in [1.29, 1.82) is 0 Å². The van der Waals surface area contributed by atoms with Crippen LogP contribution in [0.25, 0.3) is 10.8 Å². The minimum atomic E-state index is -3.73. The number of hydrogen-bond acceptors (Lipinski definition) is 4. The monoisotopic (exact) mass is 367 g/mol. The zero-order chi connectivity index (χ0) is 18.3. The largest absolute Gasteiger partial charge is 0.348 e. The highest BCUT2D eigenvalue weighted by atomic mass is 32.2. The van der Waals surface area contributed by atoms with Crippen LogP contribution in [0, 0.1) is 0 Å². The summed E-state index contributed by atoms with van der Waals surface area (Å²) in [5, 5.41) is 4.36. The van der Waals surface area contributed by atoms with Crippen molar-refractivity contribution in [2.45, 2.75) is 17.9 Å². The molecular formula is C19H17N3O3S. The Morgan fingerprint density at radius 3 is 2.54 bits per heavy atom. The van der Waals surface area contributed by atoms with Crippen LogP contribution in [0.5, 0.6) is 0 Å². The third-order valence-electron chi connectivity index (χ3n) is 4.55. The first-order chi connectivity index (χ1) is 12.5. The molecule has 2 aromatic carbocycles. The van der Waals surface area contributed by atoms with Gasteiger partial charge in [-0.1, -0.05) is 24.3 Å². The molecule has 1 N–H and O–H groups in total. The molecule has 1 aromatic heterocycles. The smallest absolute Gasteiger partial charge is 0.265 e. The van der Waals surface area contributed by atoms with Gasteiger partial charge in [0.1, 0.15) is 6.54 Å². The van der Waals surface area contributed by atoms with Gasteiger partial charge in [0.25, 0.3) is 10.0 Å². The molecule has 0 spiro atoms. The van der Waals surface area contributed by atoms with Crippen LogP contribution in [0.3, 0.4) is 0 Å². The Kier molecular flexibility index (Phi) is 3.88. The molecule has 0 saturated carbocycles. The van der Waals surface area contributed by atoms with Crippen LogP contribution in [0.4, 0.5) is 5.69 Å². The lowest BCUT2D eigenvalue weighted by atomic mass is 10.1. The van der Waals surface area contributed by atoms with E-state index in [9.17, 15) is 13.2 Å². The number of amides is 1. The number of rotatable bonds is 4. The molecule has 4 rings (SSSR count). The van der Waals surface area contributed by atoms with Gasteiger partial charge in [-0.15, -0.1) is 0 Å². The molecule has 0 bridgehead atoms. The van der Waals surface area contributed by atoms with E-state index in [2.05, 4.69) is 10.3 Å². The lowest BCUT2D eigenvalue weighted by molar-refractivity contribution is -0.120. The standard InChI is InChI=1S/C19H17N3O3S/c1-13(14-8-10-20-11-9-14)21-18(23)12-22-16-6-2-4-15-5-3-7-17(19(15)16)26(22,24)25/h2-11,13H,12H2,1H3,(H,21,23). The molecule has 0 saturated heterocycles. The maximum atomic E-state index is 12.9. The normalized spacial score (nSPS) is 15.8. The number of nitrogens with zero attached hydrogens (tertiary/aromatic N) is 2. The van der Waals surface area contributed by atoms with Crippen molar-refractivity contribution in [3.05, 3.63) is 66.5 Å². The molecule has 3 aromatic rings. The average molecular weight is 367 g/mol. The number of carbonyl (C=O) groups excluding carboxylic acids is 1. The third kappa shape index (κ3) is 2.61. The molecule has 1 unspecified atom stereocenters. The first-order valence-electron chi connectivity index (χ1n) is 8.22.